The van der Waals surface area contributed by atoms with Gasteiger partial charge in [0.15, 0.2) is 5.82 Å². The van der Waals surface area contributed by atoms with E-state index < -0.39 is 33.2 Å². The standard InChI is InChI=1S/C20H26N3O8PS3/c1-6-30-32(25,31-7-2)13-15-9-11-18(33-15)19-21-17-10-8-14(12-16(17)20(24)22(19)3)23(34(4,26)27)35(5,28)29/h8-12H,6-7,13H2,1-5H3. The summed E-state index contributed by atoms with van der Waals surface area (Å²) in [6.07, 6.45) is 1.61. The van der Waals surface area contributed by atoms with Crippen LogP contribution in [-0.2, 0) is 46.9 Å². The van der Waals surface area contributed by atoms with Crippen molar-refractivity contribution < 1.29 is 30.4 Å². The molecule has 0 bridgehead atoms. The number of nitrogens with zero attached hydrogens (tertiary/aromatic N) is 3. The minimum absolute atomic E-state index is 0.0556. The highest BCUT2D eigenvalue weighted by Gasteiger charge is 2.28. The molecule has 3 aromatic rings. The number of benzene rings is 1. The Morgan fingerprint density at radius 2 is 1.63 bits per heavy atom. The van der Waals surface area contributed by atoms with E-state index in [4.69, 9.17) is 9.05 Å². The zero-order valence-corrected chi connectivity index (χ0v) is 23.1. The Morgan fingerprint density at radius 1 is 1.03 bits per heavy atom. The van der Waals surface area contributed by atoms with E-state index in [1.165, 1.54) is 41.2 Å². The van der Waals surface area contributed by atoms with Crippen LogP contribution in [0, 0.1) is 0 Å². The van der Waals surface area contributed by atoms with Crippen LogP contribution in [0.1, 0.15) is 18.7 Å². The van der Waals surface area contributed by atoms with E-state index >= 15 is 0 Å². The second-order valence-corrected chi connectivity index (χ2v) is 14.7. The molecule has 0 amide bonds. The van der Waals surface area contributed by atoms with Crippen LogP contribution in [-0.4, -0.2) is 52.1 Å². The van der Waals surface area contributed by atoms with Crippen LogP contribution in [0.3, 0.4) is 0 Å². The smallest absolute Gasteiger partial charge is 0.309 e. The summed E-state index contributed by atoms with van der Waals surface area (Å²) >= 11 is 1.29. The number of aromatic nitrogens is 2. The van der Waals surface area contributed by atoms with Gasteiger partial charge in [-0.2, -0.15) is 3.71 Å². The summed E-state index contributed by atoms with van der Waals surface area (Å²) in [5, 5.41) is 0.0556. The van der Waals surface area contributed by atoms with Crippen molar-refractivity contribution in [1.29, 1.82) is 0 Å². The van der Waals surface area contributed by atoms with Crippen molar-refractivity contribution in [2.24, 2.45) is 7.05 Å². The molecule has 2 aromatic heterocycles. The Balaban J connectivity index is 2.07. The molecule has 0 radical (unpaired) electrons. The summed E-state index contributed by atoms with van der Waals surface area (Å²) in [7, 11) is -10.1. The molecule has 0 spiro atoms. The fraction of sp³-hybridized carbons (Fsp3) is 0.400. The highest BCUT2D eigenvalue weighted by Crippen LogP contribution is 2.52. The maximum Gasteiger partial charge on any atom is 0.335 e. The molecule has 11 nitrogen and oxygen atoms in total. The van der Waals surface area contributed by atoms with E-state index in [1.54, 1.807) is 26.0 Å². The SMILES string of the molecule is CCOP(=O)(Cc1ccc(-c2nc3ccc(N(S(C)(=O)=O)S(C)(=O)=O)cc3c(=O)n2C)s1)OCC. The van der Waals surface area contributed by atoms with Crippen LogP contribution in [0.5, 0.6) is 0 Å². The second-order valence-electron chi connectivity index (χ2n) is 7.59. The zero-order chi connectivity index (χ0) is 26.2. The van der Waals surface area contributed by atoms with Crippen molar-refractivity contribution in [3.63, 3.8) is 0 Å². The minimum Gasteiger partial charge on any atom is -0.309 e. The molecule has 0 atom stereocenters. The lowest BCUT2D eigenvalue weighted by molar-refractivity contribution is 0.219. The van der Waals surface area contributed by atoms with Gasteiger partial charge in [0, 0.05) is 11.9 Å². The molecule has 0 fully saturated rings. The van der Waals surface area contributed by atoms with E-state index in [0.717, 1.165) is 17.4 Å². The Hall–Kier alpha value is -2.09. The zero-order valence-electron chi connectivity index (χ0n) is 19.8. The second kappa shape index (κ2) is 10.1. The van der Waals surface area contributed by atoms with E-state index in [1.807, 2.05) is 0 Å². The Morgan fingerprint density at radius 3 is 2.17 bits per heavy atom. The monoisotopic (exact) mass is 563 g/mol. The molecular weight excluding hydrogens is 537 g/mol. The van der Waals surface area contributed by atoms with Crippen LogP contribution in [0.25, 0.3) is 21.6 Å². The van der Waals surface area contributed by atoms with Gasteiger partial charge < -0.3 is 9.05 Å². The highest BCUT2D eigenvalue weighted by atomic mass is 32.3. The number of fused-ring (bicyclic) bond motifs is 1. The minimum atomic E-state index is -4.16. The summed E-state index contributed by atoms with van der Waals surface area (Å²) < 4.78 is 73.5. The predicted molar refractivity (Wildman–Crippen MR) is 137 cm³/mol. The maximum absolute atomic E-state index is 13.1. The first kappa shape index (κ1) is 27.5. The van der Waals surface area contributed by atoms with Gasteiger partial charge in [0.2, 0.25) is 20.0 Å². The third kappa shape index (κ3) is 6.01. The molecule has 0 unspecified atom stereocenters. The number of thiophene rings is 1. The van der Waals surface area contributed by atoms with Gasteiger partial charge in [-0.3, -0.25) is 13.9 Å². The fourth-order valence-electron chi connectivity index (χ4n) is 3.52. The molecule has 2 heterocycles. The number of anilines is 1. The van der Waals surface area contributed by atoms with Gasteiger partial charge in [0.05, 0.1) is 53.4 Å². The number of hydrogen-bond acceptors (Lipinski definition) is 10. The van der Waals surface area contributed by atoms with E-state index in [9.17, 15) is 26.2 Å². The summed E-state index contributed by atoms with van der Waals surface area (Å²) in [5.41, 5.74) is -0.411. The molecule has 0 saturated carbocycles. The highest BCUT2D eigenvalue weighted by molar-refractivity contribution is 8.09. The van der Waals surface area contributed by atoms with E-state index in [0.29, 0.717) is 10.7 Å². The average molecular weight is 564 g/mol. The Bertz CT molecular complexity index is 1540. The molecule has 0 aliphatic carbocycles. The lowest BCUT2D eigenvalue weighted by Crippen LogP contribution is -2.35. The van der Waals surface area contributed by atoms with Crippen LogP contribution in [0.4, 0.5) is 5.69 Å². The number of rotatable bonds is 10. The third-order valence-corrected chi connectivity index (χ3v) is 11.3. The van der Waals surface area contributed by atoms with Gasteiger partial charge in [0.1, 0.15) is 0 Å². The van der Waals surface area contributed by atoms with Crippen LogP contribution < -0.4 is 9.27 Å². The van der Waals surface area contributed by atoms with Gasteiger partial charge in [0.25, 0.3) is 5.56 Å². The number of sulfonamides is 2. The lowest BCUT2D eigenvalue weighted by atomic mass is 10.2. The topological polar surface area (TPSA) is 142 Å². The Kier molecular flexibility index (Phi) is 7.94. The van der Waals surface area contributed by atoms with E-state index in [-0.39, 0.29) is 39.7 Å². The first-order chi connectivity index (χ1) is 16.2. The molecule has 0 saturated heterocycles. The van der Waals surface area contributed by atoms with Gasteiger partial charge >= 0.3 is 7.60 Å². The molecule has 35 heavy (non-hydrogen) atoms. The predicted octanol–water partition coefficient (Wildman–Crippen LogP) is 3.15. The van der Waals surface area contributed by atoms with Crippen molar-refractivity contribution in [2.45, 2.75) is 20.0 Å². The first-order valence-corrected chi connectivity index (χ1v) is 16.6. The quantitative estimate of drug-likeness (QED) is 0.340. The summed E-state index contributed by atoms with van der Waals surface area (Å²) in [5.74, 6) is 0.345. The third-order valence-electron chi connectivity index (χ3n) is 4.76. The van der Waals surface area contributed by atoms with Gasteiger partial charge in [-0.25, -0.2) is 21.8 Å². The van der Waals surface area contributed by atoms with Crippen LogP contribution >= 0.6 is 18.9 Å². The number of hydrogen-bond donors (Lipinski definition) is 0. The van der Waals surface area contributed by atoms with E-state index in [2.05, 4.69) is 4.98 Å². The summed E-state index contributed by atoms with van der Waals surface area (Å²) in [4.78, 5) is 19.0. The fourth-order valence-corrected chi connectivity index (χ4v) is 9.57. The Labute approximate surface area is 208 Å². The van der Waals surface area contributed by atoms with Crippen molar-refractivity contribution >= 4 is 55.6 Å². The van der Waals surface area contributed by atoms with Gasteiger partial charge in [-0.05, 0) is 44.2 Å². The van der Waals surface area contributed by atoms with Crippen molar-refractivity contribution in [3.05, 3.63) is 45.6 Å². The summed E-state index contributed by atoms with van der Waals surface area (Å²) in [6.45, 7) is 3.95. The average Bonchev–Trinajstić information content (AvgIpc) is 3.16. The summed E-state index contributed by atoms with van der Waals surface area (Å²) in [6, 6.07) is 7.38. The van der Waals surface area contributed by atoms with Gasteiger partial charge in [-0.1, -0.05) is 0 Å². The first-order valence-electron chi connectivity index (χ1n) is 10.4. The van der Waals surface area contributed by atoms with Crippen molar-refractivity contribution in [2.75, 3.05) is 29.4 Å². The molecule has 192 valence electrons. The lowest BCUT2D eigenvalue weighted by Gasteiger charge is -2.20. The van der Waals surface area contributed by atoms with Crippen molar-refractivity contribution in [3.8, 4) is 10.7 Å². The van der Waals surface area contributed by atoms with Crippen molar-refractivity contribution in [1.82, 2.24) is 9.55 Å². The largest absolute Gasteiger partial charge is 0.335 e. The normalized spacial score (nSPS) is 12.8. The van der Waals surface area contributed by atoms with Crippen LogP contribution in [0.2, 0.25) is 0 Å². The van der Waals surface area contributed by atoms with Crippen LogP contribution in [0.15, 0.2) is 35.1 Å². The maximum atomic E-state index is 13.1. The molecular formula is C20H26N3O8PS3. The molecule has 0 N–H and O–H groups in total. The molecule has 0 aliphatic heterocycles. The molecule has 15 heteroatoms. The molecule has 1 aromatic carbocycles. The molecule has 0 aliphatic rings. The van der Waals surface area contributed by atoms with Gasteiger partial charge in [-0.15, -0.1) is 11.3 Å². The molecule has 3 rings (SSSR count).